The van der Waals surface area contributed by atoms with E-state index in [1.54, 1.807) is 6.20 Å². The van der Waals surface area contributed by atoms with Gasteiger partial charge in [0.05, 0.1) is 11.4 Å². The van der Waals surface area contributed by atoms with Crippen LogP contribution in [0.5, 0.6) is 0 Å². The second kappa shape index (κ2) is 8.08. The standard InChI is InChI=1S/C27H34N4O2/c1-3-29-16-22(25(32)21-10-9-17(2)28-26(21)29)27(33)31-12-6-7-18-13-19-14-20(24(18)31)15-30-11-5-4-8-23(19)30/h9-10,13,16,19-20,23-24H,3-8,11-12,14-15H2,1-2H3. The van der Waals surface area contributed by atoms with Gasteiger partial charge in [-0.1, -0.05) is 18.1 Å². The average Bonchev–Trinajstić information content (AvgIpc) is 2.83. The zero-order chi connectivity index (χ0) is 22.7. The minimum atomic E-state index is -0.184. The Labute approximate surface area is 195 Å². The third-order valence-electron chi connectivity index (χ3n) is 8.55. The number of amides is 1. The van der Waals surface area contributed by atoms with Gasteiger partial charge in [-0.2, -0.15) is 0 Å². The summed E-state index contributed by atoms with van der Waals surface area (Å²) in [5, 5.41) is 0.540. The lowest BCUT2D eigenvalue weighted by atomic mass is 9.68. The molecule has 4 unspecified atom stereocenters. The van der Waals surface area contributed by atoms with Gasteiger partial charge in [0.15, 0.2) is 0 Å². The molecule has 3 aliphatic heterocycles. The zero-order valence-electron chi connectivity index (χ0n) is 19.8. The van der Waals surface area contributed by atoms with E-state index in [4.69, 9.17) is 0 Å². The summed E-state index contributed by atoms with van der Waals surface area (Å²) in [5.41, 5.74) is 3.11. The molecule has 0 radical (unpaired) electrons. The first kappa shape index (κ1) is 21.1. The summed E-state index contributed by atoms with van der Waals surface area (Å²) >= 11 is 0. The summed E-state index contributed by atoms with van der Waals surface area (Å²) in [7, 11) is 0. The van der Waals surface area contributed by atoms with Crippen molar-refractivity contribution in [1.82, 2.24) is 19.4 Å². The van der Waals surface area contributed by atoms with Crippen LogP contribution in [0.3, 0.4) is 0 Å². The molecule has 4 atom stereocenters. The summed E-state index contributed by atoms with van der Waals surface area (Å²) in [5.74, 6) is 1.02. The normalized spacial score (nSPS) is 29.4. The molecule has 0 N–H and O–H groups in total. The molecule has 2 aromatic rings. The van der Waals surface area contributed by atoms with E-state index < -0.39 is 0 Å². The van der Waals surface area contributed by atoms with Crippen LogP contribution in [-0.4, -0.2) is 57.0 Å². The molecule has 0 saturated carbocycles. The predicted octanol–water partition coefficient (Wildman–Crippen LogP) is 3.76. The lowest BCUT2D eigenvalue weighted by molar-refractivity contribution is 0.00142. The van der Waals surface area contributed by atoms with Crippen molar-refractivity contribution < 1.29 is 4.79 Å². The van der Waals surface area contributed by atoms with Crippen LogP contribution in [0, 0.1) is 18.8 Å². The van der Waals surface area contributed by atoms with Crippen molar-refractivity contribution in [2.75, 3.05) is 19.6 Å². The van der Waals surface area contributed by atoms with Gasteiger partial charge < -0.3 is 9.47 Å². The number of fused-ring (bicyclic) bond motifs is 7. The lowest BCUT2D eigenvalue weighted by Crippen LogP contribution is -2.60. The Bertz CT molecular complexity index is 1200. The number of hydrogen-bond acceptors (Lipinski definition) is 4. The number of carbonyl (C=O) groups excluding carboxylic acids is 1. The van der Waals surface area contributed by atoms with E-state index in [1.165, 1.54) is 37.8 Å². The van der Waals surface area contributed by atoms with Crippen molar-refractivity contribution in [2.24, 2.45) is 11.8 Å². The van der Waals surface area contributed by atoms with Crippen LogP contribution in [0.2, 0.25) is 0 Å². The first-order chi connectivity index (χ1) is 16.0. The molecule has 33 heavy (non-hydrogen) atoms. The Morgan fingerprint density at radius 3 is 2.91 bits per heavy atom. The fourth-order valence-electron chi connectivity index (χ4n) is 7.11. The van der Waals surface area contributed by atoms with Crippen LogP contribution < -0.4 is 5.43 Å². The number of rotatable bonds is 2. The second-order valence-corrected chi connectivity index (χ2v) is 10.5. The zero-order valence-corrected chi connectivity index (χ0v) is 19.8. The number of carbonyl (C=O) groups is 1. The Hall–Kier alpha value is -2.47. The lowest BCUT2D eigenvalue weighted by Gasteiger charge is -2.54. The molecule has 4 aliphatic rings. The minimum Gasteiger partial charge on any atom is -0.332 e. The van der Waals surface area contributed by atoms with E-state index in [0.29, 0.717) is 41.0 Å². The number of hydrogen-bond donors (Lipinski definition) is 0. The van der Waals surface area contributed by atoms with Crippen LogP contribution in [-0.2, 0) is 6.54 Å². The monoisotopic (exact) mass is 446 g/mol. The number of pyridine rings is 2. The maximum atomic E-state index is 13.9. The van der Waals surface area contributed by atoms with Gasteiger partial charge in [0.1, 0.15) is 11.2 Å². The van der Waals surface area contributed by atoms with E-state index in [9.17, 15) is 9.59 Å². The number of aryl methyl sites for hydroxylation is 2. The van der Waals surface area contributed by atoms with Gasteiger partial charge in [-0.3, -0.25) is 14.5 Å². The molecule has 3 fully saturated rings. The molecule has 1 amide bonds. The molecule has 5 heterocycles. The van der Waals surface area contributed by atoms with E-state index in [-0.39, 0.29) is 17.4 Å². The first-order valence-corrected chi connectivity index (χ1v) is 12.8. The van der Waals surface area contributed by atoms with E-state index in [2.05, 4.69) is 16.0 Å². The predicted molar refractivity (Wildman–Crippen MR) is 129 cm³/mol. The van der Waals surface area contributed by atoms with Gasteiger partial charge in [0.25, 0.3) is 5.91 Å². The van der Waals surface area contributed by atoms with E-state index >= 15 is 0 Å². The van der Waals surface area contributed by atoms with Crippen LogP contribution in [0.15, 0.2) is 34.8 Å². The number of nitrogens with zero attached hydrogens (tertiary/aromatic N) is 4. The highest BCUT2D eigenvalue weighted by Gasteiger charge is 2.47. The largest absolute Gasteiger partial charge is 0.332 e. The third kappa shape index (κ3) is 3.37. The van der Waals surface area contributed by atoms with Gasteiger partial charge in [-0.05, 0) is 76.5 Å². The van der Waals surface area contributed by atoms with Crippen molar-refractivity contribution in [1.29, 1.82) is 0 Å². The molecule has 2 aromatic heterocycles. The molecule has 6 nitrogen and oxygen atoms in total. The molecule has 2 bridgehead atoms. The molecule has 1 aliphatic carbocycles. The summed E-state index contributed by atoms with van der Waals surface area (Å²) < 4.78 is 1.95. The average molecular weight is 447 g/mol. The fraction of sp³-hybridized carbons (Fsp3) is 0.593. The van der Waals surface area contributed by atoms with Gasteiger partial charge in [-0.15, -0.1) is 0 Å². The van der Waals surface area contributed by atoms with Crippen molar-refractivity contribution in [3.63, 3.8) is 0 Å². The van der Waals surface area contributed by atoms with Crippen LogP contribution in [0.25, 0.3) is 11.0 Å². The molecule has 6 heteroatoms. The number of likely N-dealkylation sites (tertiary alicyclic amines) is 1. The molecule has 3 saturated heterocycles. The Morgan fingerprint density at radius 1 is 1.18 bits per heavy atom. The van der Waals surface area contributed by atoms with Gasteiger partial charge >= 0.3 is 0 Å². The summed E-state index contributed by atoms with van der Waals surface area (Å²) in [6.07, 6.45) is 11.5. The van der Waals surface area contributed by atoms with E-state index in [0.717, 1.165) is 31.6 Å². The second-order valence-electron chi connectivity index (χ2n) is 10.5. The maximum Gasteiger partial charge on any atom is 0.259 e. The summed E-state index contributed by atoms with van der Waals surface area (Å²) in [6, 6.07) is 4.53. The molecule has 0 spiro atoms. The van der Waals surface area contributed by atoms with Gasteiger partial charge in [-0.25, -0.2) is 4.98 Å². The van der Waals surface area contributed by atoms with Gasteiger partial charge in [0.2, 0.25) is 5.43 Å². The smallest absolute Gasteiger partial charge is 0.259 e. The maximum absolute atomic E-state index is 13.9. The Kier molecular flexibility index (Phi) is 5.17. The van der Waals surface area contributed by atoms with Crippen LogP contribution in [0.4, 0.5) is 0 Å². The summed E-state index contributed by atoms with van der Waals surface area (Å²) in [6.45, 7) is 7.65. The molecule has 6 rings (SSSR count). The van der Waals surface area contributed by atoms with Crippen molar-refractivity contribution >= 4 is 16.9 Å². The van der Waals surface area contributed by atoms with E-state index in [1.807, 2.05) is 35.4 Å². The fourth-order valence-corrected chi connectivity index (χ4v) is 7.11. The van der Waals surface area contributed by atoms with Gasteiger partial charge in [0, 0.05) is 37.6 Å². The highest BCUT2D eigenvalue weighted by Crippen LogP contribution is 2.45. The van der Waals surface area contributed by atoms with Crippen molar-refractivity contribution in [3.8, 4) is 0 Å². The quantitative estimate of drug-likeness (QED) is 0.659. The van der Waals surface area contributed by atoms with Crippen molar-refractivity contribution in [2.45, 2.75) is 71.0 Å². The molecular formula is C27H34N4O2. The number of piperidine rings is 3. The summed E-state index contributed by atoms with van der Waals surface area (Å²) in [4.78, 5) is 36.7. The minimum absolute atomic E-state index is 0.0977. The highest BCUT2D eigenvalue weighted by molar-refractivity contribution is 5.97. The number of aromatic nitrogens is 2. The van der Waals surface area contributed by atoms with Crippen LogP contribution >= 0.6 is 0 Å². The third-order valence-corrected chi connectivity index (χ3v) is 8.55. The SMILES string of the molecule is CCn1cc(C(=O)N2CCCC3=CC4CC(CN5CCCCC45)C32)c(=O)c2ccc(C)nc21. The van der Waals surface area contributed by atoms with Crippen LogP contribution in [0.1, 0.15) is 61.5 Å². The molecule has 174 valence electrons. The first-order valence-electron chi connectivity index (χ1n) is 12.8. The molecular weight excluding hydrogens is 412 g/mol. The highest BCUT2D eigenvalue weighted by atomic mass is 16.2. The Morgan fingerprint density at radius 2 is 2.06 bits per heavy atom. The molecule has 0 aromatic carbocycles. The Balaban J connectivity index is 1.39. The van der Waals surface area contributed by atoms with Crippen molar-refractivity contribution in [3.05, 3.63) is 51.5 Å². The topological polar surface area (TPSA) is 58.4 Å².